The van der Waals surface area contributed by atoms with Crippen molar-refractivity contribution in [3.63, 3.8) is 0 Å². The van der Waals surface area contributed by atoms with Gasteiger partial charge < -0.3 is 15.8 Å². The fraction of sp³-hybridized carbons (Fsp3) is 0.588. The van der Waals surface area contributed by atoms with E-state index in [9.17, 15) is 4.79 Å². The van der Waals surface area contributed by atoms with E-state index in [1.165, 1.54) is 12.8 Å². The van der Waals surface area contributed by atoms with E-state index >= 15 is 0 Å². The van der Waals surface area contributed by atoms with Crippen molar-refractivity contribution in [3.8, 4) is 5.75 Å². The largest absolute Gasteiger partial charge is 0.493 e. The molecule has 0 saturated heterocycles. The van der Waals surface area contributed by atoms with Crippen LogP contribution in [0.5, 0.6) is 5.75 Å². The number of carbonyl (C=O) groups excluding carboxylic acids is 1. The third-order valence-corrected chi connectivity index (χ3v) is 4.41. The molecule has 1 aromatic carbocycles. The Balaban J connectivity index is 1.49. The lowest BCUT2D eigenvalue weighted by Gasteiger charge is -2.26. The molecule has 3 rings (SSSR count). The molecule has 0 bridgehead atoms. The topological polar surface area (TPSA) is 64.3 Å². The summed E-state index contributed by atoms with van der Waals surface area (Å²) in [4.78, 5) is 12.2. The fourth-order valence-electron chi connectivity index (χ4n) is 2.73. The average molecular weight is 288 g/mol. The van der Waals surface area contributed by atoms with Gasteiger partial charge in [-0.3, -0.25) is 4.79 Å². The minimum Gasteiger partial charge on any atom is -0.493 e. The van der Waals surface area contributed by atoms with Gasteiger partial charge >= 0.3 is 0 Å². The molecule has 114 valence electrons. The smallest absolute Gasteiger partial charge is 0.251 e. The van der Waals surface area contributed by atoms with Crippen LogP contribution in [0.1, 0.15) is 48.9 Å². The van der Waals surface area contributed by atoms with Crippen LogP contribution in [0.15, 0.2) is 24.3 Å². The Labute approximate surface area is 126 Å². The van der Waals surface area contributed by atoms with Crippen molar-refractivity contribution in [1.29, 1.82) is 0 Å². The lowest BCUT2D eigenvalue weighted by atomic mass is 9.91. The van der Waals surface area contributed by atoms with Gasteiger partial charge in [-0.25, -0.2) is 0 Å². The molecule has 0 aliphatic heterocycles. The van der Waals surface area contributed by atoms with Crippen LogP contribution in [0.3, 0.4) is 0 Å². The number of nitrogens with one attached hydrogen (secondary N) is 1. The number of hydrogen-bond donors (Lipinski definition) is 2. The van der Waals surface area contributed by atoms with Gasteiger partial charge in [-0.05, 0) is 68.7 Å². The van der Waals surface area contributed by atoms with Crippen molar-refractivity contribution >= 4 is 5.91 Å². The van der Waals surface area contributed by atoms with Crippen LogP contribution < -0.4 is 15.8 Å². The van der Waals surface area contributed by atoms with Crippen molar-refractivity contribution in [1.82, 2.24) is 5.32 Å². The van der Waals surface area contributed by atoms with Gasteiger partial charge in [-0.2, -0.15) is 0 Å². The number of ether oxygens (including phenoxy) is 1. The molecule has 0 spiro atoms. The Morgan fingerprint density at radius 3 is 2.38 bits per heavy atom. The maximum Gasteiger partial charge on any atom is 0.251 e. The van der Waals surface area contributed by atoms with Gasteiger partial charge in [-0.15, -0.1) is 0 Å². The third kappa shape index (κ3) is 4.21. The lowest BCUT2D eigenvalue weighted by molar-refractivity contribution is 0.0926. The van der Waals surface area contributed by atoms with E-state index in [0.717, 1.165) is 44.0 Å². The van der Waals surface area contributed by atoms with Crippen molar-refractivity contribution in [2.45, 2.75) is 50.6 Å². The number of rotatable bonds is 5. The van der Waals surface area contributed by atoms with Crippen LogP contribution in [-0.4, -0.2) is 24.6 Å². The Morgan fingerprint density at radius 2 is 1.76 bits per heavy atom. The normalized spacial score (nSPS) is 25.4. The van der Waals surface area contributed by atoms with E-state index in [4.69, 9.17) is 10.5 Å². The highest BCUT2D eigenvalue weighted by atomic mass is 16.5. The summed E-state index contributed by atoms with van der Waals surface area (Å²) in [6.07, 6.45) is 6.53. The molecule has 0 radical (unpaired) electrons. The Hall–Kier alpha value is -1.55. The molecule has 0 heterocycles. The van der Waals surface area contributed by atoms with E-state index in [1.807, 2.05) is 24.3 Å². The van der Waals surface area contributed by atoms with Gasteiger partial charge in [0.15, 0.2) is 0 Å². The Morgan fingerprint density at radius 1 is 1.10 bits per heavy atom. The molecule has 0 aromatic heterocycles. The maximum atomic E-state index is 12.2. The molecule has 1 aromatic rings. The molecule has 0 atom stereocenters. The summed E-state index contributed by atoms with van der Waals surface area (Å²) in [5.41, 5.74) is 6.58. The zero-order valence-corrected chi connectivity index (χ0v) is 12.4. The minimum atomic E-state index is 0.00390. The first-order valence-corrected chi connectivity index (χ1v) is 8.00. The molecule has 2 aliphatic rings. The summed E-state index contributed by atoms with van der Waals surface area (Å²) in [6, 6.07) is 8.02. The summed E-state index contributed by atoms with van der Waals surface area (Å²) in [5, 5.41) is 3.10. The number of amides is 1. The quantitative estimate of drug-likeness (QED) is 0.875. The average Bonchev–Trinajstić information content (AvgIpc) is 3.32. The van der Waals surface area contributed by atoms with Gasteiger partial charge in [0.05, 0.1) is 6.61 Å². The predicted octanol–water partition coefficient (Wildman–Crippen LogP) is 2.48. The van der Waals surface area contributed by atoms with Gasteiger partial charge in [0, 0.05) is 17.6 Å². The van der Waals surface area contributed by atoms with Crippen molar-refractivity contribution in [2.75, 3.05) is 6.61 Å². The monoisotopic (exact) mass is 288 g/mol. The first-order valence-electron chi connectivity index (χ1n) is 8.00. The van der Waals surface area contributed by atoms with Crippen LogP contribution >= 0.6 is 0 Å². The zero-order chi connectivity index (χ0) is 14.7. The maximum absolute atomic E-state index is 12.2. The van der Waals surface area contributed by atoms with Crippen LogP contribution in [-0.2, 0) is 0 Å². The van der Waals surface area contributed by atoms with Crippen molar-refractivity contribution < 1.29 is 9.53 Å². The molecule has 4 heteroatoms. The molecule has 4 nitrogen and oxygen atoms in total. The van der Waals surface area contributed by atoms with Crippen molar-refractivity contribution in [2.24, 2.45) is 11.7 Å². The molecule has 0 unspecified atom stereocenters. The van der Waals surface area contributed by atoms with Gasteiger partial charge in [-0.1, -0.05) is 0 Å². The first kappa shape index (κ1) is 14.4. The highest BCUT2D eigenvalue weighted by Gasteiger charge is 2.22. The summed E-state index contributed by atoms with van der Waals surface area (Å²) >= 11 is 0. The fourth-order valence-corrected chi connectivity index (χ4v) is 2.73. The second-order valence-electron chi connectivity index (χ2n) is 6.36. The minimum absolute atomic E-state index is 0.00390. The van der Waals surface area contributed by atoms with Gasteiger partial charge in [0.25, 0.3) is 5.91 Å². The van der Waals surface area contributed by atoms with Crippen molar-refractivity contribution in [3.05, 3.63) is 29.8 Å². The van der Waals surface area contributed by atoms with E-state index in [1.54, 1.807) is 0 Å². The Bertz CT molecular complexity index is 474. The molecule has 1 amide bonds. The van der Waals surface area contributed by atoms with E-state index in [-0.39, 0.29) is 11.9 Å². The summed E-state index contributed by atoms with van der Waals surface area (Å²) in [7, 11) is 0. The molecule has 21 heavy (non-hydrogen) atoms. The van der Waals surface area contributed by atoms with Crippen LogP contribution in [0.4, 0.5) is 0 Å². The van der Waals surface area contributed by atoms with Crippen LogP contribution in [0.2, 0.25) is 0 Å². The highest BCUT2D eigenvalue weighted by molar-refractivity contribution is 5.94. The molecule has 2 saturated carbocycles. The molecular formula is C17H24N2O2. The Kier molecular flexibility index (Phi) is 4.44. The summed E-state index contributed by atoms with van der Waals surface area (Å²) in [5.74, 6) is 1.59. The SMILES string of the molecule is NC1CCC(NC(=O)c2ccc(OCC3CC3)cc2)CC1. The van der Waals surface area contributed by atoms with E-state index in [2.05, 4.69) is 5.32 Å². The third-order valence-electron chi connectivity index (χ3n) is 4.41. The number of nitrogens with two attached hydrogens (primary N) is 1. The molecule has 2 aliphatic carbocycles. The standard InChI is InChI=1S/C17H24N2O2/c18-14-5-7-15(8-6-14)19-17(20)13-3-9-16(10-4-13)21-11-12-1-2-12/h3-4,9-10,12,14-15H,1-2,5-8,11,18H2,(H,19,20). The van der Waals surface area contributed by atoms with E-state index < -0.39 is 0 Å². The second kappa shape index (κ2) is 6.48. The number of benzene rings is 1. The summed E-state index contributed by atoms with van der Waals surface area (Å²) < 4.78 is 5.68. The zero-order valence-electron chi connectivity index (χ0n) is 12.4. The van der Waals surface area contributed by atoms with Crippen LogP contribution in [0, 0.1) is 5.92 Å². The number of hydrogen-bond acceptors (Lipinski definition) is 3. The lowest BCUT2D eigenvalue weighted by Crippen LogP contribution is -2.40. The summed E-state index contributed by atoms with van der Waals surface area (Å²) in [6.45, 7) is 0.799. The second-order valence-corrected chi connectivity index (χ2v) is 6.36. The molecular weight excluding hydrogens is 264 g/mol. The van der Waals surface area contributed by atoms with E-state index in [0.29, 0.717) is 11.6 Å². The highest BCUT2D eigenvalue weighted by Crippen LogP contribution is 2.29. The first-order chi connectivity index (χ1) is 10.2. The molecule has 2 fully saturated rings. The van der Waals surface area contributed by atoms with Gasteiger partial charge in [0.1, 0.15) is 5.75 Å². The molecule has 3 N–H and O–H groups in total. The van der Waals surface area contributed by atoms with Gasteiger partial charge in [0.2, 0.25) is 0 Å². The number of carbonyl (C=O) groups is 1. The van der Waals surface area contributed by atoms with Crippen LogP contribution in [0.25, 0.3) is 0 Å². The predicted molar refractivity (Wildman–Crippen MR) is 82.4 cm³/mol.